The van der Waals surface area contributed by atoms with Crippen LogP contribution in [0, 0.1) is 5.82 Å². The molecule has 1 fully saturated rings. The van der Waals surface area contributed by atoms with Gasteiger partial charge >= 0.3 is 6.03 Å². The number of nitrogens with zero attached hydrogens (tertiary/aromatic N) is 1. The van der Waals surface area contributed by atoms with E-state index in [1.54, 1.807) is 6.07 Å². The smallest absolute Gasteiger partial charge is 0.336 e. The number of methoxy groups -OCH3 is 1. The van der Waals surface area contributed by atoms with Crippen LogP contribution in [-0.2, 0) is 9.59 Å². The van der Waals surface area contributed by atoms with E-state index in [0.29, 0.717) is 16.2 Å². The molecule has 4 amide bonds. The minimum Gasteiger partial charge on any atom is -0.496 e. The number of barbiturate groups is 1. The topological polar surface area (TPSA) is 75.7 Å². The number of halogens is 1. The van der Waals surface area contributed by atoms with E-state index in [4.69, 9.17) is 4.74 Å². The Morgan fingerprint density at radius 3 is 2.45 bits per heavy atom. The molecule has 4 rings (SSSR count). The third-order valence-electron chi connectivity index (χ3n) is 4.63. The molecule has 1 N–H and O–H groups in total. The van der Waals surface area contributed by atoms with E-state index < -0.39 is 23.7 Å². The van der Waals surface area contributed by atoms with Crippen molar-refractivity contribution in [3.8, 4) is 5.75 Å². The average Bonchev–Trinajstić information content (AvgIpc) is 2.72. The van der Waals surface area contributed by atoms with Gasteiger partial charge < -0.3 is 4.74 Å². The van der Waals surface area contributed by atoms with Gasteiger partial charge in [0.1, 0.15) is 17.1 Å². The molecule has 0 spiro atoms. The van der Waals surface area contributed by atoms with Gasteiger partial charge in [-0.05, 0) is 35.0 Å². The first-order valence-electron chi connectivity index (χ1n) is 8.73. The second-order valence-corrected chi connectivity index (χ2v) is 6.31. The van der Waals surface area contributed by atoms with Crippen LogP contribution in [0.2, 0.25) is 0 Å². The number of ether oxygens (including phenoxy) is 1. The second kappa shape index (κ2) is 7.20. The fourth-order valence-corrected chi connectivity index (χ4v) is 3.26. The number of anilines is 1. The van der Waals surface area contributed by atoms with E-state index >= 15 is 0 Å². The lowest BCUT2D eigenvalue weighted by Crippen LogP contribution is -2.54. The van der Waals surface area contributed by atoms with E-state index in [0.717, 1.165) is 16.8 Å². The van der Waals surface area contributed by atoms with Crippen LogP contribution in [0.3, 0.4) is 0 Å². The molecule has 0 aromatic heterocycles. The molecule has 0 bridgehead atoms. The number of rotatable bonds is 3. The largest absolute Gasteiger partial charge is 0.496 e. The third-order valence-corrected chi connectivity index (χ3v) is 4.63. The SMILES string of the molecule is COc1ccc2ccccc2c1/C=C1/C(=O)NC(=O)N(c2ccccc2F)C1=O. The molecule has 1 heterocycles. The molecule has 1 saturated heterocycles. The van der Waals surface area contributed by atoms with E-state index in [9.17, 15) is 18.8 Å². The first kappa shape index (κ1) is 18.4. The number of benzene rings is 3. The van der Waals surface area contributed by atoms with Gasteiger partial charge in [0, 0.05) is 5.56 Å². The molecule has 0 atom stereocenters. The molecule has 0 unspecified atom stereocenters. The van der Waals surface area contributed by atoms with Crippen molar-refractivity contribution >= 4 is 40.4 Å². The predicted octanol–water partition coefficient (Wildman–Crippen LogP) is 3.65. The Bertz CT molecular complexity index is 1200. The zero-order chi connectivity index (χ0) is 20.5. The maximum absolute atomic E-state index is 14.2. The third kappa shape index (κ3) is 3.12. The molecule has 0 saturated carbocycles. The minimum atomic E-state index is -1.01. The molecule has 3 aromatic carbocycles. The molecule has 144 valence electrons. The molecule has 7 heteroatoms. The lowest BCUT2D eigenvalue weighted by Gasteiger charge is -2.26. The van der Waals surface area contributed by atoms with Crippen molar-refractivity contribution in [1.29, 1.82) is 0 Å². The van der Waals surface area contributed by atoms with Crippen molar-refractivity contribution < 1.29 is 23.5 Å². The minimum absolute atomic E-state index is 0.238. The van der Waals surface area contributed by atoms with Gasteiger partial charge in [0.2, 0.25) is 0 Å². The highest BCUT2D eigenvalue weighted by Crippen LogP contribution is 2.31. The molecule has 1 aliphatic rings. The van der Waals surface area contributed by atoms with Crippen LogP contribution < -0.4 is 15.0 Å². The number of urea groups is 1. The predicted molar refractivity (Wildman–Crippen MR) is 106 cm³/mol. The zero-order valence-corrected chi connectivity index (χ0v) is 15.3. The van der Waals surface area contributed by atoms with Crippen LogP contribution in [0.5, 0.6) is 5.75 Å². The first-order chi connectivity index (χ1) is 14.0. The average molecular weight is 390 g/mol. The molecule has 1 aliphatic heterocycles. The van der Waals surface area contributed by atoms with E-state index in [-0.39, 0.29) is 11.3 Å². The molecule has 0 aliphatic carbocycles. The summed E-state index contributed by atoms with van der Waals surface area (Å²) < 4.78 is 19.6. The standard InChI is InChI=1S/C22H15FN2O4/c1-29-19-11-10-13-6-2-3-7-14(13)15(19)12-16-20(26)24-22(28)25(21(16)27)18-9-5-4-8-17(18)23/h2-12H,1H3,(H,24,26,28)/b16-12-. The first-order valence-corrected chi connectivity index (χ1v) is 8.73. The Labute approximate surface area is 165 Å². The number of para-hydroxylation sites is 1. The highest BCUT2D eigenvalue weighted by atomic mass is 19.1. The summed E-state index contributed by atoms with van der Waals surface area (Å²) in [6, 6.07) is 15.3. The summed E-state index contributed by atoms with van der Waals surface area (Å²) in [6.45, 7) is 0. The molecular formula is C22H15FN2O4. The van der Waals surface area contributed by atoms with Crippen LogP contribution in [0.4, 0.5) is 14.9 Å². The number of fused-ring (bicyclic) bond motifs is 1. The number of carbonyl (C=O) groups is 3. The number of carbonyl (C=O) groups excluding carboxylic acids is 3. The molecule has 29 heavy (non-hydrogen) atoms. The Kier molecular flexibility index (Phi) is 4.56. The Morgan fingerprint density at radius 2 is 1.69 bits per heavy atom. The van der Waals surface area contributed by atoms with E-state index in [1.165, 1.54) is 31.4 Å². The van der Waals surface area contributed by atoms with Gasteiger partial charge in [0.25, 0.3) is 11.8 Å². The van der Waals surface area contributed by atoms with Crippen LogP contribution >= 0.6 is 0 Å². The van der Waals surface area contributed by atoms with Crippen molar-refractivity contribution in [2.24, 2.45) is 0 Å². The summed E-state index contributed by atoms with van der Waals surface area (Å²) in [5.74, 6) is -2.08. The van der Waals surface area contributed by atoms with Gasteiger partial charge in [0.05, 0.1) is 12.8 Å². The Hall–Kier alpha value is -4.00. The lowest BCUT2D eigenvalue weighted by molar-refractivity contribution is -0.122. The van der Waals surface area contributed by atoms with Crippen molar-refractivity contribution in [2.45, 2.75) is 0 Å². The highest BCUT2D eigenvalue weighted by Gasteiger charge is 2.38. The van der Waals surface area contributed by atoms with Crippen LogP contribution in [0.25, 0.3) is 16.8 Å². The number of nitrogens with one attached hydrogen (secondary N) is 1. The fraction of sp³-hybridized carbons (Fsp3) is 0.0455. The summed E-state index contributed by atoms with van der Waals surface area (Å²) >= 11 is 0. The van der Waals surface area contributed by atoms with E-state index in [1.807, 2.05) is 30.3 Å². The Balaban J connectivity index is 1.89. The van der Waals surface area contributed by atoms with Gasteiger partial charge in [0.15, 0.2) is 0 Å². The van der Waals surface area contributed by atoms with E-state index in [2.05, 4.69) is 5.32 Å². The summed E-state index contributed by atoms with van der Waals surface area (Å²) in [6.07, 6.45) is 1.36. The maximum Gasteiger partial charge on any atom is 0.336 e. The van der Waals surface area contributed by atoms with Crippen molar-refractivity contribution in [3.63, 3.8) is 0 Å². The number of amides is 4. The van der Waals surface area contributed by atoms with Crippen LogP contribution in [-0.4, -0.2) is 25.0 Å². The summed E-state index contributed by atoms with van der Waals surface area (Å²) in [5, 5.41) is 3.73. The monoisotopic (exact) mass is 390 g/mol. The fourth-order valence-electron chi connectivity index (χ4n) is 3.26. The van der Waals surface area contributed by atoms with Gasteiger partial charge in [-0.25, -0.2) is 14.1 Å². The van der Waals surface area contributed by atoms with Gasteiger partial charge in [-0.1, -0.05) is 42.5 Å². The number of imide groups is 2. The molecule has 6 nitrogen and oxygen atoms in total. The van der Waals surface area contributed by atoms with Crippen molar-refractivity contribution in [1.82, 2.24) is 5.32 Å². The van der Waals surface area contributed by atoms with Gasteiger partial charge in [-0.15, -0.1) is 0 Å². The summed E-state index contributed by atoms with van der Waals surface area (Å²) in [4.78, 5) is 38.3. The zero-order valence-electron chi connectivity index (χ0n) is 15.3. The number of hydrogen-bond acceptors (Lipinski definition) is 4. The van der Waals surface area contributed by atoms with Gasteiger partial charge in [-0.2, -0.15) is 0 Å². The molecule has 3 aromatic rings. The van der Waals surface area contributed by atoms with Crippen molar-refractivity contribution in [2.75, 3.05) is 12.0 Å². The lowest BCUT2D eigenvalue weighted by atomic mass is 9.99. The van der Waals surface area contributed by atoms with Crippen LogP contribution in [0.1, 0.15) is 5.56 Å². The quantitative estimate of drug-likeness (QED) is 0.547. The highest BCUT2D eigenvalue weighted by molar-refractivity contribution is 6.39. The molecular weight excluding hydrogens is 375 g/mol. The summed E-state index contributed by atoms with van der Waals surface area (Å²) in [7, 11) is 1.48. The Morgan fingerprint density at radius 1 is 0.966 bits per heavy atom. The molecule has 0 radical (unpaired) electrons. The van der Waals surface area contributed by atoms with Gasteiger partial charge in [-0.3, -0.25) is 14.9 Å². The summed E-state index contributed by atoms with van der Waals surface area (Å²) in [5.41, 5.74) is -0.0345. The maximum atomic E-state index is 14.2. The van der Waals surface area contributed by atoms with Crippen molar-refractivity contribution in [3.05, 3.63) is 77.6 Å². The van der Waals surface area contributed by atoms with Crippen LogP contribution in [0.15, 0.2) is 66.2 Å². The number of hydrogen-bond donors (Lipinski definition) is 1. The normalized spacial score (nSPS) is 15.7. The second-order valence-electron chi connectivity index (χ2n) is 6.31.